The number of morpholine rings is 1. The van der Waals surface area contributed by atoms with Gasteiger partial charge in [0.1, 0.15) is 0 Å². The van der Waals surface area contributed by atoms with E-state index in [1.54, 1.807) is 16.4 Å². The number of piperidine rings is 1. The second-order valence-corrected chi connectivity index (χ2v) is 12.8. The number of carbonyl (C=O) groups excluding carboxylic acids is 1. The molecule has 0 aromatic heterocycles. The average molecular weight is 548 g/mol. The first kappa shape index (κ1) is 27.5. The third-order valence-corrected chi connectivity index (χ3v) is 9.61. The summed E-state index contributed by atoms with van der Waals surface area (Å²) in [4.78, 5) is 15.2. The van der Waals surface area contributed by atoms with Gasteiger partial charge in [-0.3, -0.25) is 9.69 Å². The second kappa shape index (κ2) is 11.6. The Balaban J connectivity index is 1.34. The first-order valence-corrected chi connectivity index (χ1v) is 15.0. The molecule has 3 aromatic rings. The molecule has 2 aliphatic rings. The molecular formula is C31H37N3O4S. The van der Waals surface area contributed by atoms with E-state index in [-0.39, 0.29) is 25.0 Å². The van der Waals surface area contributed by atoms with E-state index < -0.39 is 15.6 Å². The zero-order valence-electron chi connectivity index (χ0n) is 22.7. The van der Waals surface area contributed by atoms with E-state index >= 15 is 0 Å². The molecule has 1 amide bonds. The van der Waals surface area contributed by atoms with Crippen LogP contribution in [0.5, 0.6) is 0 Å². The molecule has 2 atom stereocenters. The van der Waals surface area contributed by atoms with E-state index in [9.17, 15) is 13.2 Å². The van der Waals surface area contributed by atoms with Gasteiger partial charge in [-0.1, -0.05) is 65.7 Å². The van der Waals surface area contributed by atoms with Crippen LogP contribution in [0.4, 0.5) is 5.69 Å². The molecule has 2 fully saturated rings. The molecule has 0 bridgehead atoms. The number of rotatable bonds is 7. The average Bonchev–Trinajstić information content (AvgIpc) is 2.92. The highest BCUT2D eigenvalue weighted by Gasteiger charge is 2.47. The number of amides is 1. The summed E-state index contributed by atoms with van der Waals surface area (Å²) in [6, 6.07) is 24.4. The summed E-state index contributed by atoms with van der Waals surface area (Å²) in [5.41, 5.74) is 3.33. The van der Waals surface area contributed by atoms with Crippen molar-refractivity contribution < 1.29 is 17.9 Å². The number of benzene rings is 3. The Labute approximate surface area is 231 Å². The first-order chi connectivity index (χ1) is 18.7. The quantitative estimate of drug-likeness (QED) is 0.474. The molecule has 0 aliphatic carbocycles. The van der Waals surface area contributed by atoms with E-state index in [1.165, 1.54) is 0 Å². The fourth-order valence-corrected chi connectivity index (χ4v) is 7.29. The van der Waals surface area contributed by atoms with Crippen molar-refractivity contribution in [1.82, 2.24) is 9.21 Å². The molecule has 2 aliphatic heterocycles. The molecule has 1 spiro atoms. The Bertz CT molecular complexity index is 1380. The van der Waals surface area contributed by atoms with Gasteiger partial charge in [0.2, 0.25) is 15.9 Å². The Morgan fingerprint density at radius 3 is 2.31 bits per heavy atom. The summed E-state index contributed by atoms with van der Waals surface area (Å²) < 4.78 is 36.2. The maximum atomic E-state index is 14.0. The number of sulfonamides is 1. The molecule has 39 heavy (non-hydrogen) atoms. The minimum atomic E-state index is -3.75. The number of carbonyl (C=O) groups is 1. The smallest absolute Gasteiger partial charge is 0.243 e. The number of likely N-dealkylation sites (tertiary alicyclic amines) is 1. The SMILES string of the molecule is Cc1ccc(NC(=O)CN2CCC[C@]3(C2)CN(S(=O)(=O)c2ccc(C)cc2)[C@@H](Cc2ccccc2)CO3)cc1. The van der Waals surface area contributed by atoms with E-state index in [2.05, 4.69) is 10.2 Å². The molecule has 5 rings (SSSR count). The lowest BCUT2D eigenvalue weighted by Crippen LogP contribution is -2.64. The molecule has 0 radical (unpaired) electrons. The van der Waals surface area contributed by atoms with Gasteiger partial charge in [-0.2, -0.15) is 4.31 Å². The summed E-state index contributed by atoms with van der Waals surface area (Å²) in [5.74, 6) is -0.0854. The fraction of sp³-hybridized carbons (Fsp3) is 0.387. The van der Waals surface area contributed by atoms with Crippen molar-refractivity contribution in [2.75, 3.05) is 38.1 Å². The van der Waals surface area contributed by atoms with Crippen LogP contribution in [0.25, 0.3) is 0 Å². The van der Waals surface area contributed by atoms with Gasteiger partial charge in [-0.05, 0) is 69.5 Å². The van der Waals surface area contributed by atoms with Crippen LogP contribution in [0.3, 0.4) is 0 Å². The van der Waals surface area contributed by atoms with Crippen molar-refractivity contribution in [2.45, 2.75) is 49.6 Å². The van der Waals surface area contributed by atoms with E-state index in [4.69, 9.17) is 4.74 Å². The minimum absolute atomic E-state index is 0.0854. The summed E-state index contributed by atoms with van der Waals surface area (Å²) in [6.45, 7) is 6.04. The summed E-state index contributed by atoms with van der Waals surface area (Å²) in [5, 5.41) is 2.97. The predicted octanol–water partition coefficient (Wildman–Crippen LogP) is 4.41. The number of hydrogen-bond acceptors (Lipinski definition) is 5. The van der Waals surface area contributed by atoms with Gasteiger partial charge in [-0.15, -0.1) is 0 Å². The topological polar surface area (TPSA) is 79.0 Å². The number of anilines is 1. The zero-order chi connectivity index (χ0) is 27.5. The van der Waals surface area contributed by atoms with Crippen LogP contribution in [0.2, 0.25) is 0 Å². The predicted molar refractivity (Wildman–Crippen MR) is 153 cm³/mol. The van der Waals surface area contributed by atoms with Crippen molar-refractivity contribution >= 4 is 21.6 Å². The van der Waals surface area contributed by atoms with Crippen LogP contribution in [0.1, 0.15) is 29.5 Å². The number of nitrogens with zero attached hydrogens (tertiary/aromatic N) is 2. The van der Waals surface area contributed by atoms with E-state index in [1.807, 2.05) is 80.6 Å². The minimum Gasteiger partial charge on any atom is -0.371 e. The Kier molecular flexibility index (Phi) is 8.19. The number of aryl methyl sites for hydroxylation is 2. The number of nitrogens with one attached hydrogen (secondary N) is 1. The molecule has 206 valence electrons. The van der Waals surface area contributed by atoms with Gasteiger partial charge in [0.05, 0.1) is 29.7 Å². The lowest BCUT2D eigenvalue weighted by Gasteiger charge is -2.50. The number of ether oxygens (including phenoxy) is 1. The second-order valence-electron chi connectivity index (χ2n) is 10.9. The van der Waals surface area contributed by atoms with Gasteiger partial charge in [0.15, 0.2) is 0 Å². The van der Waals surface area contributed by atoms with Gasteiger partial charge < -0.3 is 10.1 Å². The molecule has 2 saturated heterocycles. The molecule has 3 aromatic carbocycles. The third kappa shape index (κ3) is 6.58. The number of hydrogen-bond donors (Lipinski definition) is 1. The van der Waals surface area contributed by atoms with Crippen LogP contribution in [-0.2, 0) is 26.0 Å². The Morgan fingerprint density at radius 2 is 1.62 bits per heavy atom. The van der Waals surface area contributed by atoms with Crippen LogP contribution < -0.4 is 5.32 Å². The Morgan fingerprint density at radius 1 is 0.949 bits per heavy atom. The van der Waals surface area contributed by atoms with Crippen LogP contribution >= 0.6 is 0 Å². The highest BCUT2D eigenvalue weighted by Crippen LogP contribution is 2.35. The lowest BCUT2D eigenvalue weighted by atomic mass is 9.90. The van der Waals surface area contributed by atoms with Gasteiger partial charge in [0.25, 0.3) is 0 Å². The van der Waals surface area contributed by atoms with Crippen molar-refractivity contribution in [3.05, 3.63) is 95.6 Å². The van der Waals surface area contributed by atoms with Crippen molar-refractivity contribution in [3.63, 3.8) is 0 Å². The molecule has 1 N–H and O–H groups in total. The maximum Gasteiger partial charge on any atom is 0.243 e. The molecule has 0 unspecified atom stereocenters. The first-order valence-electron chi connectivity index (χ1n) is 13.6. The van der Waals surface area contributed by atoms with Gasteiger partial charge in [0, 0.05) is 18.8 Å². The van der Waals surface area contributed by atoms with E-state index in [0.717, 1.165) is 41.8 Å². The van der Waals surface area contributed by atoms with Gasteiger partial charge >= 0.3 is 0 Å². The normalized spacial score (nSPS) is 22.6. The third-order valence-electron chi connectivity index (χ3n) is 7.70. The molecule has 0 saturated carbocycles. The van der Waals surface area contributed by atoms with Gasteiger partial charge in [-0.25, -0.2) is 8.42 Å². The zero-order valence-corrected chi connectivity index (χ0v) is 23.5. The highest BCUT2D eigenvalue weighted by molar-refractivity contribution is 7.89. The van der Waals surface area contributed by atoms with Crippen molar-refractivity contribution in [1.29, 1.82) is 0 Å². The van der Waals surface area contributed by atoms with Crippen LogP contribution in [0, 0.1) is 13.8 Å². The molecule has 7 nitrogen and oxygen atoms in total. The summed E-state index contributed by atoms with van der Waals surface area (Å²) in [7, 11) is -3.75. The maximum absolute atomic E-state index is 14.0. The largest absolute Gasteiger partial charge is 0.371 e. The highest BCUT2D eigenvalue weighted by atomic mass is 32.2. The van der Waals surface area contributed by atoms with E-state index in [0.29, 0.717) is 24.5 Å². The van der Waals surface area contributed by atoms with Crippen LogP contribution in [-0.4, -0.2) is 68.0 Å². The lowest BCUT2D eigenvalue weighted by molar-refractivity contribution is -0.144. The van der Waals surface area contributed by atoms with Crippen molar-refractivity contribution in [3.8, 4) is 0 Å². The summed E-state index contributed by atoms with van der Waals surface area (Å²) in [6.07, 6.45) is 2.16. The molecule has 2 heterocycles. The monoisotopic (exact) mass is 547 g/mol. The fourth-order valence-electron chi connectivity index (χ4n) is 5.60. The standard InChI is InChI=1S/C31H37N3O4S/c1-24-9-13-27(14-10-24)32-30(35)20-33-18-6-17-31(22-33)23-34(39(36,37)29-15-11-25(2)12-16-29)28(21-38-31)19-26-7-4-3-5-8-26/h3-5,7-16,28H,6,17-23H2,1-2H3,(H,32,35)/t28-,31-/m0/s1. The van der Waals surface area contributed by atoms with Crippen molar-refractivity contribution in [2.24, 2.45) is 0 Å². The molecule has 8 heteroatoms. The van der Waals surface area contributed by atoms with Crippen LogP contribution in [0.15, 0.2) is 83.8 Å². The Hall–Kier alpha value is -3.04. The molecular weight excluding hydrogens is 510 g/mol. The summed E-state index contributed by atoms with van der Waals surface area (Å²) >= 11 is 0.